The Morgan fingerprint density at radius 2 is 1.91 bits per heavy atom. The maximum atomic E-state index is 13.1. The van der Waals surface area contributed by atoms with Gasteiger partial charge < -0.3 is 19.6 Å². The van der Waals surface area contributed by atoms with Gasteiger partial charge in [0.15, 0.2) is 0 Å². The van der Waals surface area contributed by atoms with Crippen LogP contribution in [0.15, 0.2) is 23.1 Å². The third-order valence-corrected chi connectivity index (χ3v) is 6.06. The fraction of sp³-hybridized carbons (Fsp3) is 0.478. The molecule has 182 valence electrons. The van der Waals surface area contributed by atoms with Gasteiger partial charge in [0, 0.05) is 51.5 Å². The second-order valence-electron chi connectivity index (χ2n) is 8.45. The van der Waals surface area contributed by atoms with Crippen LogP contribution in [-0.2, 0) is 31.4 Å². The van der Waals surface area contributed by atoms with Gasteiger partial charge >= 0.3 is 5.69 Å². The molecular formula is C23H31N7O4. The molecule has 1 aliphatic rings. The van der Waals surface area contributed by atoms with E-state index in [1.807, 2.05) is 24.5 Å². The lowest BCUT2D eigenvalue weighted by Gasteiger charge is -2.27. The maximum Gasteiger partial charge on any atom is 0.328 e. The predicted octanol–water partition coefficient (Wildman–Crippen LogP) is 1.15. The molecule has 2 amide bonds. The molecule has 0 aliphatic carbocycles. The zero-order valence-corrected chi connectivity index (χ0v) is 19.8. The van der Waals surface area contributed by atoms with E-state index in [0.29, 0.717) is 49.9 Å². The van der Waals surface area contributed by atoms with Gasteiger partial charge in [0.2, 0.25) is 11.9 Å². The normalized spacial score (nSPS) is 14.6. The number of rotatable bonds is 8. The van der Waals surface area contributed by atoms with Crippen LogP contribution >= 0.6 is 0 Å². The van der Waals surface area contributed by atoms with E-state index in [1.165, 1.54) is 15.3 Å². The van der Waals surface area contributed by atoms with Crippen molar-refractivity contribution in [3.63, 3.8) is 0 Å². The third kappa shape index (κ3) is 4.48. The van der Waals surface area contributed by atoms with Crippen molar-refractivity contribution >= 4 is 28.8 Å². The first-order chi connectivity index (χ1) is 16.3. The highest BCUT2D eigenvalue weighted by molar-refractivity contribution is 6.03. The molecule has 1 fully saturated rings. The number of primary amides is 1. The van der Waals surface area contributed by atoms with Gasteiger partial charge in [-0.3, -0.25) is 24.4 Å². The van der Waals surface area contributed by atoms with E-state index in [0.717, 1.165) is 30.6 Å². The number of nitrogens with two attached hydrogens (primary N) is 1. The van der Waals surface area contributed by atoms with Crippen LogP contribution in [0, 0.1) is 0 Å². The summed E-state index contributed by atoms with van der Waals surface area (Å²) in [5, 5.41) is 2.89. The minimum atomic E-state index is -0.531. The Hall–Kier alpha value is -3.44. The monoisotopic (exact) mass is 469 g/mol. The second-order valence-corrected chi connectivity index (χ2v) is 8.45. The van der Waals surface area contributed by atoms with Crippen molar-refractivity contribution in [2.75, 3.05) is 31.6 Å². The Morgan fingerprint density at radius 3 is 2.56 bits per heavy atom. The number of aryl methyl sites for hydroxylation is 2. The Kier molecular flexibility index (Phi) is 6.85. The van der Waals surface area contributed by atoms with Gasteiger partial charge in [-0.2, -0.15) is 0 Å². The molecule has 3 aromatic rings. The minimum Gasteiger partial charge on any atom is -0.379 e. The van der Waals surface area contributed by atoms with E-state index in [2.05, 4.69) is 15.2 Å². The van der Waals surface area contributed by atoms with Gasteiger partial charge in [0.1, 0.15) is 5.69 Å². The van der Waals surface area contributed by atoms with Gasteiger partial charge in [-0.15, -0.1) is 0 Å². The van der Waals surface area contributed by atoms with Gasteiger partial charge in [0.25, 0.3) is 5.91 Å². The van der Waals surface area contributed by atoms with Crippen molar-refractivity contribution in [1.82, 2.24) is 23.6 Å². The first kappa shape index (κ1) is 23.7. The molecule has 11 nitrogen and oxygen atoms in total. The van der Waals surface area contributed by atoms with Crippen LogP contribution in [0.1, 0.15) is 46.7 Å². The number of ether oxygens (including phenoxy) is 1. The summed E-state index contributed by atoms with van der Waals surface area (Å²) in [6.07, 6.45) is 2.33. The van der Waals surface area contributed by atoms with Crippen molar-refractivity contribution in [3.8, 4) is 0 Å². The summed E-state index contributed by atoms with van der Waals surface area (Å²) in [6, 6.07) is 3.47. The Labute approximate surface area is 197 Å². The van der Waals surface area contributed by atoms with Crippen molar-refractivity contribution in [1.29, 1.82) is 0 Å². The largest absolute Gasteiger partial charge is 0.379 e. The minimum absolute atomic E-state index is 0.256. The molecular weight excluding hydrogens is 438 g/mol. The van der Waals surface area contributed by atoms with E-state index >= 15 is 0 Å². The number of imidazole rings is 2. The van der Waals surface area contributed by atoms with Crippen LogP contribution in [-0.4, -0.2) is 61.7 Å². The van der Waals surface area contributed by atoms with Gasteiger partial charge in [-0.25, -0.2) is 9.78 Å². The van der Waals surface area contributed by atoms with Gasteiger partial charge in [-0.05, 0) is 31.0 Å². The highest BCUT2D eigenvalue weighted by Gasteiger charge is 2.22. The smallest absolute Gasteiger partial charge is 0.328 e. The highest BCUT2D eigenvalue weighted by atomic mass is 16.5. The molecule has 1 aliphatic heterocycles. The molecule has 34 heavy (non-hydrogen) atoms. The Morgan fingerprint density at radius 1 is 1.18 bits per heavy atom. The van der Waals surface area contributed by atoms with E-state index in [9.17, 15) is 14.4 Å². The van der Waals surface area contributed by atoms with Crippen LogP contribution in [0.5, 0.6) is 0 Å². The summed E-state index contributed by atoms with van der Waals surface area (Å²) in [6.45, 7) is 8.35. The molecule has 2 aromatic heterocycles. The summed E-state index contributed by atoms with van der Waals surface area (Å²) in [5.41, 5.74) is 8.34. The predicted molar refractivity (Wildman–Crippen MR) is 128 cm³/mol. The van der Waals surface area contributed by atoms with Crippen molar-refractivity contribution in [3.05, 3.63) is 45.6 Å². The van der Waals surface area contributed by atoms with Crippen LogP contribution in [0.2, 0.25) is 0 Å². The molecule has 0 radical (unpaired) electrons. The third-order valence-electron chi connectivity index (χ3n) is 6.06. The molecule has 3 heterocycles. The summed E-state index contributed by atoms with van der Waals surface area (Å²) in [4.78, 5) is 44.4. The number of hydrogen-bond acceptors (Lipinski definition) is 6. The lowest BCUT2D eigenvalue weighted by atomic mass is 10.1. The van der Waals surface area contributed by atoms with Gasteiger partial charge in [0.05, 0.1) is 24.2 Å². The topological polar surface area (TPSA) is 129 Å². The zero-order valence-electron chi connectivity index (χ0n) is 19.8. The molecule has 0 unspecified atom stereocenters. The molecule has 1 saturated heterocycles. The van der Waals surface area contributed by atoms with Crippen LogP contribution in [0.3, 0.4) is 0 Å². The average molecular weight is 470 g/mol. The Bertz CT molecular complexity index is 1280. The molecule has 0 atom stereocenters. The summed E-state index contributed by atoms with van der Waals surface area (Å²) in [7, 11) is 1.61. The van der Waals surface area contributed by atoms with E-state index in [1.54, 1.807) is 13.1 Å². The number of nitrogens with one attached hydrogen (secondary N) is 1. The van der Waals surface area contributed by atoms with E-state index < -0.39 is 11.8 Å². The van der Waals surface area contributed by atoms with E-state index in [-0.39, 0.29) is 11.4 Å². The fourth-order valence-corrected chi connectivity index (χ4v) is 4.41. The van der Waals surface area contributed by atoms with Gasteiger partial charge in [-0.1, -0.05) is 6.92 Å². The summed E-state index contributed by atoms with van der Waals surface area (Å²) < 4.78 is 10.2. The first-order valence-electron chi connectivity index (χ1n) is 11.5. The first-order valence-corrected chi connectivity index (χ1v) is 11.5. The lowest BCUT2D eigenvalue weighted by Crippen LogP contribution is -2.35. The van der Waals surface area contributed by atoms with Crippen molar-refractivity contribution in [2.24, 2.45) is 12.8 Å². The summed E-state index contributed by atoms with van der Waals surface area (Å²) >= 11 is 0. The number of fused-ring (bicyclic) bond motifs is 1. The Balaban J connectivity index is 1.79. The van der Waals surface area contributed by atoms with Crippen molar-refractivity contribution < 1.29 is 14.3 Å². The quantitative estimate of drug-likeness (QED) is 0.509. The molecule has 0 saturated carbocycles. The number of benzene rings is 1. The van der Waals surface area contributed by atoms with Crippen LogP contribution < -0.4 is 16.7 Å². The maximum absolute atomic E-state index is 13.1. The molecule has 0 spiro atoms. The summed E-state index contributed by atoms with van der Waals surface area (Å²) in [5.74, 6) is -0.584. The molecule has 1 aromatic carbocycles. The molecule has 4 rings (SSSR count). The number of carbonyl (C=O) groups is 2. The molecule has 3 N–H and O–H groups in total. The fourth-order valence-electron chi connectivity index (χ4n) is 4.41. The second kappa shape index (κ2) is 9.82. The number of hydrogen-bond donors (Lipinski definition) is 2. The number of aromatic nitrogens is 4. The molecule has 11 heteroatoms. The number of anilines is 1. The average Bonchev–Trinajstić information content (AvgIpc) is 3.31. The number of morpholine rings is 1. The lowest BCUT2D eigenvalue weighted by molar-refractivity contribution is 0.0343. The number of nitrogens with zero attached hydrogens (tertiary/aromatic N) is 5. The standard InChI is InChI=1S/C23H31N7O4/c1-4-6-30-19-16(13-28-7-9-34-10-8-28)11-15(20(24)31)12-17(19)25-22(30)26-21(32)18-14-27(3)23(33)29(18)5-2/h11-12,14H,4-10,13H2,1-3H3,(H2,24,31)(H,25,26,32). The van der Waals surface area contributed by atoms with E-state index in [4.69, 9.17) is 10.5 Å². The van der Waals surface area contributed by atoms with Crippen molar-refractivity contribution in [2.45, 2.75) is 39.9 Å². The zero-order chi connectivity index (χ0) is 24.4. The SMILES string of the molecule is CCCn1c(NC(=O)c2cn(C)c(=O)n2CC)nc2cc(C(N)=O)cc(CN3CCOCC3)c21. The number of carbonyl (C=O) groups excluding carboxylic acids is 2. The van der Waals surface area contributed by atoms with Crippen LogP contribution in [0.25, 0.3) is 11.0 Å². The van der Waals surface area contributed by atoms with Crippen LogP contribution in [0.4, 0.5) is 5.95 Å². The number of amides is 2. The molecule has 0 bridgehead atoms. The highest BCUT2D eigenvalue weighted by Crippen LogP contribution is 2.27.